The molecule has 1 unspecified atom stereocenters. The van der Waals surface area contributed by atoms with Gasteiger partial charge in [-0.15, -0.1) is 0 Å². The van der Waals surface area contributed by atoms with Crippen molar-refractivity contribution in [3.63, 3.8) is 0 Å². The third-order valence-electron chi connectivity index (χ3n) is 4.26. The molecule has 0 aliphatic carbocycles. The van der Waals surface area contributed by atoms with Crippen molar-refractivity contribution < 1.29 is 19.1 Å². The van der Waals surface area contributed by atoms with E-state index in [-0.39, 0.29) is 17.2 Å². The average molecular weight is 384 g/mol. The van der Waals surface area contributed by atoms with Crippen LogP contribution in [0.15, 0.2) is 78.0 Å². The van der Waals surface area contributed by atoms with Gasteiger partial charge in [0, 0.05) is 16.9 Å². The largest absolute Gasteiger partial charge is 0.465 e. The number of para-hydroxylation sites is 1. The molecule has 1 atom stereocenters. The molecule has 5 nitrogen and oxygen atoms in total. The Labute approximate surface area is 162 Å². The van der Waals surface area contributed by atoms with Crippen molar-refractivity contribution >= 4 is 29.2 Å². The first-order valence-corrected chi connectivity index (χ1v) is 8.62. The van der Waals surface area contributed by atoms with Crippen LogP contribution in [0.4, 0.5) is 5.69 Å². The summed E-state index contributed by atoms with van der Waals surface area (Å²) < 4.78 is 9.72. The van der Waals surface area contributed by atoms with E-state index in [9.17, 15) is 9.59 Å². The summed E-state index contributed by atoms with van der Waals surface area (Å²) in [6, 6.07) is 16.6. The Balaban J connectivity index is 2.16. The molecule has 0 radical (unpaired) electrons. The van der Waals surface area contributed by atoms with E-state index in [0.717, 1.165) is 11.3 Å². The van der Waals surface area contributed by atoms with Crippen LogP contribution in [0.5, 0.6) is 0 Å². The van der Waals surface area contributed by atoms with Gasteiger partial charge in [0.25, 0.3) is 0 Å². The zero-order valence-electron chi connectivity index (χ0n) is 14.9. The number of methoxy groups -OCH3 is 2. The molecule has 2 aromatic rings. The summed E-state index contributed by atoms with van der Waals surface area (Å²) in [6.45, 7) is 0. The fourth-order valence-corrected chi connectivity index (χ4v) is 3.06. The zero-order chi connectivity index (χ0) is 19.4. The Morgan fingerprint density at radius 2 is 1.48 bits per heavy atom. The van der Waals surface area contributed by atoms with E-state index < -0.39 is 11.9 Å². The summed E-state index contributed by atoms with van der Waals surface area (Å²) in [5.74, 6) is -1.21. The van der Waals surface area contributed by atoms with Gasteiger partial charge < -0.3 is 14.4 Å². The van der Waals surface area contributed by atoms with E-state index in [1.165, 1.54) is 14.2 Å². The van der Waals surface area contributed by atoms with Crippen LogP contribution in [-0.4, -0.2) is 26.2 Å². The van der Waals surface area contributed by atoms with Crippen LogP contribution in [0.25, 0.3) is 0 Å². The normalized spacial score (nSPS) is 16.3. The minimum Gasteiger partial charge on any atom is -0.465 e. The number of anilines is 1. The molecule has 0 fully saturated rings. The first-order chi connectivity index (χ1) is 13.0. The summed E-state index contributed by atoms with van der Waals surface area (Å²) >= 11 is 6.01. The van der Waals surface area contributed by atoms with Gasteiger partial charge >= 0.3 is 11.9 Å². The molecule has 1 aliphatic rings. The second-order valence-corrected chi connectivity index (χ2v) is 6.28. The van der Waals surface area contributed by atoms with Crippen LogP contribution in [0.3, 0.4) is 0 Å². The number of esters is 2. The van der Waals surface area contributed by atoms with Crippen LogP contribution >= 0.6 is 11.6 Å². The second-order valence-electron chi connectivity index (χ2n) is 5.85. The molecule has 3 rings (SSSR count). The lowest BCUT2D eigenvalue weighted by Crippen LogP contribution is -2.30. The molecule has 0 saturated heterocycles. The van der Waals surface area contributed by atoms with Gasteiger partial charge in [-0.05, 0) is 35.9 Å². The van der Waals surface area contributed by atoms with Gasteiger partial charge in [-0.3, -0.25) is 0 Å². The maximum Gasteiger partial charge on any atom is 0.340 e. The molecule has 138 valence electrons. The van der Waals surface area contributed by atoms with Gasteiger partial charge in [0.05, 0.1) is 31.4 Å². The third kappa shape index (κ3) is 3.88. The van der Waals surface area contributed by atoms with Crippen molar-refractivity contribution in [2.45, 2.75) is 6.04 Å². The molecule has 6 heteroatoms. The van der Waals surface area contributed by atoms with E-state index in [0.29, 0.717) is 5.02 Å². The van der Waals surface area contributed by atoms with Crippen LogP contribution in [0, 0.1) is 0 Å². The van der Waals surface area contributed by atoms with Gasteiger partial charge in [-0.1, -0.05) is 41.9 Å². The van der Waals surface area contributed by atoms with Gasteiger partial charge in [-0.25, -0.2) is 9.59 Å². The number of carbonyl (C=O) groups excluding carboxylic acids is 2. The molecule has 0 amide bonds. The second kappa shape index (κ2) is 8.10. The van der Waals surface area contributed by atoms with Gasteiger partial charge in [-0.2, -0.15) is 0 Å². The fraction of sp³-hybridized carbons (Fsp3) is 0.143. The first-order valence-electron chi connectivity index (χ1n) is 8.24. The van der Waals surface area contributed by atoms with Crippen molar-refractivity contribution in [2.24, 2.45) is 0 Å². The fourth-order valence-electron chi connectivity index (χ4n) is 2.93. The van der Waals surface area contributed by atoms with E-state index in [2.05, 4.69) is 0 Å². The summed E-state index contributed by atoms with van der Waals surface area (Å²) in [6.07, 6.45) is 3.32. The number of ether oxygens (including phenoxy) is 2. The molecular formula is C21H18ClNO4. The highest BCUT2D eigenvalue weighted by Gasteiger charge is 2.32. The van der Waals surface area contributed by atoms with Crippen LogP contribution in [0.1, 0.15) is 11.6 Å². The predicted molar refractivity (Wildman–Crippen MR) is 103 cm³/mol. The lowest BCUT2D eigenvalue weighted by Gasteiger charge is -2.33. The average Bonchev–Trinajstić information content (AvgIpc) is 2.73. The Bertz CT molecular complexity index is 904. The van der Waals surface area contributed by atoms with E-state index in [4.69, 9.17) is 21.1 Å². The number of hydrogen-bond acceptors (Lipinski definition) is 5. The van der Waals surface area contributed by atoms with E-state index in [1.807, 2.05) is 47.4 Å². The molecule has 0 saturated carbocycles. The smallest absolute Gasteiger partial charge is 0.340 e. The van der Waals surface area contributed by atoms with Gasteiger partial charge in [0.2, 0.25) is 0 Å². The number of carbonyl (C=O) groups is 2. The zero-order valence-corrected chi connectivity index (χ0v) is 15.6. The number of rotatable bonds is 4. The third-order valence-corrected chi connectivity index (χ3v) is 4.51. The van der Waals surface area contributed by atoms with Crippen molar-refractivity contribution in [1.29, 1.82) is 0 Å². The molecule has 0 spiro atoms. The summed E-state index contributed by atoms with van der Waals surface area (Å²) in [5, 5.41) is 0.615. The Kier molecular flexibility index (Phi) is 5.62. The summed E-state index contributed by atoms with van der Waals surface area (Å²) in [4.78, 5) is 26.5. The van der Waals surface area contributed by atoms with Crippen molar-refractivity contribution in [3.8, 4) is 0 Å². The highest BCUT2D eigenvalue weighted by Crippen LogP contribution is 2.36. The van der Waals surface area contributed by atoms with Gasteiger partial charge in [0.15, 0.2) is 0 Å². The van der Waals surface area contributed by atoms with Crippen molar-refractivity contribution in [2.75, 3.05) is 19.1 Å². The van der Waals surface area contributed by atoms with E-state index in [1.54, 1.807) is 24.4 Å². The summed E-state index contributed by atoms with van der Waals surface area (Å²) in [5.41, 5.74) is 2.07. The predicted octanol–water partition coefficient (Wildman–Crippen LogP) is 4.06. The van der Waals surface area contributed by atoms with Crippen LogP contribution in [0.2, 0.25) is 5.02 Å². The molecule has 1 aliphatic heterocycles. The number of nitrogens with zero attached hydrogens (tertiary/aromatic N) is 1. The molecule has 0 N–H and O–H groups in total. The monoisotopic (exact) mass is 383 g/mol. The first kappa shape index (κ1) is 18.7. The number of benzene rings is 2. The number of halogens is 1. The van der Waals surface area contributed by atoms with E-state index >= 15 is 0 Å². The minimum absolute atomic E-state index is 0.137. The maximum absolute atomic E-state index is 12.3. The molecule has 2 aromatic carbocycles. The molecule has 0 aromatic heterocycles. The van der Waals surface area contributed by atoms with Crippen LogP contribution < -0.4 is 4.90 Å². The Morgan fingerprint density at radius 3 is 2.07 bits per heavy atom. The summed E-state index contributed by atoms with van der Waals surface area (Å²) in [7, 11) is 2.55. The van der Waals surface area contributed by atoms with Gasteiger partial charge in [0.1, 0.15) is 0 Å². The standard InChI is InChI=1S/C21H18ClNO4/c1-26-20(24)17-12-19(14-8-10-15(22)11-9-14)23(13-18(17)21(25)27-2)16-6-4-3-5-7-16/h3-13,19H,1-2H3. The lowest BCUT2D eigenvalue weighted by molar-refractivity contribution is -0.139. The van der Waals surface area contributed by atoms with Crippen LogP contribution in [-0.2, 0) is 19.1 Å². The van der Waals surface area contributed by atoms with Crippen molar-refractivity contribution in [3.05, 3.63) is 88.6 Å². The highest BCUT2D eigenvalue weighted by molar-refractivity contribution is 6.30. The number of hydrogen-bond donors (Lipinski definition) is 0. The maximum atomic E-state index is 12.3. The quantitative estimate of drug-likeness (QED) is 0.745. The topological polar surface area (TPSA) is 55.8 Å². The molecule has 27 heavy (non-hydrogen) atoms. The minimum atomic E-state index is -0.609. The van der Waals surface area contributed by atoms with Crippen molar-refractivity contribution in [1.82, 2.24) is 0 Å². The molecular weight excluding hydrogens is 366 g/mol. The molecule has 1 heterocycles. The lowest BCUT2D eigenvalue weighted by atomic mass is 9.94. The Hall–Kier alpha value is -3.05. The Morgan fingerprint density at radius 1 is 0.889 bits per heavy atom. The highest BCUT2D eigenvalue weighted by atomic mass is 35.5. The molecule has 0 bridgehead atoms. The SMILES string of the molecule is COC(=O)C1=CC(c2ccc(Cl)cc2)N(c2ccccc2)C=C1C(=O)OC.